The molecule has 19 heavy (non-hydrogen) atoms. The smallest absolute Gasteiger partial charge is 0.193 e. The Balaban J connectivity index is 2.02. The first-order valence-corrected chi connectivity index (χ1v) is 6.54. The molecule has 2 aliphatic rings. The summed E-state index contributed by atoms with van der Waals surface area (Å²) in [5, 5.41) is 11.3. The monoisotopic (exact) mass is 250 g/mol. The lowest BCUT2D eigenvalue weighted by Gasteiger charge is -2.30. The third kappa shape index (κ3) is 1.28. The van der Waals surface area contributed by atoms with Crippen LogP contribution in [0.5, 0.6) is 0 Å². The minimum Gasteiger partial charge on any atom is -0.363 e. The molecule has 1 aromatic carbocycles. The second-order valence-electron chi connectivity index (χ2n) is 5.00. The number of allylic oxidation sites excluding steroid dienone is 3. The molecule has 94 valence electrons. The topological polar surface area (TPSA) is 38.1 Å². The van der Waals surface area contributed by atoms with Crippen LogP contribution in [0.15, 0.2) is 60.5 Å². The number of rotatable bonds is 1. The van der Waals surface area contributed by atoms with Crippen molar-refractivity contribution in [2.24, 2.45) is 0 Å². The zero-order valence-corrected chi connectivity index (χ0v) is 10.5. The summed E-state index contributed by atoms with van der Waals surface area (Å²) >= 11 is 0. The van der Waals surface area contributed by atoms with Crippen LogP contribution in [0.25, 0.3) is 11.4 Å². The fourth-order valence-corrected chi connectivity index (χ4v) is 3.10. The minimum absolute atomic E-state index is 0.841. The van der Waals surface area contributed by atoms with Crippen LogP contribution < -0.4 is 0 Å². The van der Waals surface area contributed by atoms with E-state index in [9.17, 15) is 5.11 Å². The van der Waals surface area contributed by atoms with Crippen molar-refractivity contribution >= 4 is 0 Å². The van der Waals surface area contributed by atoms with Crippen molar-refractivity contribution in [3.05, 3.63) is 66.0 Å². The fourth-order valence-electron chi connectivity index (χ4n) is 3.10. The van der Waals surface area contributed by atoms with Gasteiger partial charge in [0, 0.05) is 23.5 Å². The number of hydrogen-bond acceptors (Lipinski definition) is 2. The number of hydrogen-bond donors (Lipinski definition) is 1. The highest BCUT2D eigenvalue weighted by Gasteiger charge is 2.44. The Kier molecular flexibility index (Phi) is 2.09. The SMILES string of the molecule is OC1(C2=CC=CCC2)c2ccccc2-c2nccn21. The van der Waals surface area contributed by atoms with Crippen molar-refractivity contribution in [2.45, 2.75) is 18.6 Å². The first-order chi connectivity index (χ1) is 9.32. The summed E-state index contributed by atoms with van der Waals surface area (Å²) in [5.41, 5.74) is 1.90. The average Bonchev–Trinajstić information content (AvgIpc) is 3.04. The van der Waals surface area contributed by atoms with Gasteiger partial charge in [-0.15, -0.1) is 0 Å². The van der Waals surface area contributed by atoms with E-state index in [0.717, 1.165) is 35.4 Å². The number of fused-ring (bicyclic) bond motifs is 3. The van der Waals surface area contributed by atoms with Crippen LogP contribution in [0, 0.1) is 0 Å². The van der Waals surface area contributed by atoms with E-state index in [2.05, 4.69) is 11.1 Å². The van der Waals surface area contributed by atoms with E-state index in [1.54, 1.807) is 6.20 Å². The molecular formula is C16H14N2O. The molecule has 1 unspecified atom stereocenters. The van der Waals surface area contributed by atoms with E-state index in [1.165, 1.54) is 0 Å². The first kappa shape index (κ1) is 10.8. The summed E-state index contributed by atoms with van der Waals surface area (Å²) in [4.78, 5) is 4.39. The number of aromatic nitrogens is 2. The lowest BCUT2D eigenvalue weighted by atomic mass is 9.88. The van der Waals surface area contributed by atoms with Gasteiger partial charge in [0.05, 0.1) is 0 Å². The molecular weight excluding hydrogens is 236 g/mol. The molecule has 0 saturated heterocycles. The molecule has 0 bridgehead atoms. The summed E-state index contributed by atoms with van der Waals surface area (Å²) in [7, 11) is 0. The molecule has 0 radical (unpaired) electrons. The lowest BCUT2D eigenvalue weighted by Crippen LogP contribution is -2.33. The van der Waals surface area contributed by atoms with Gasteiger partial charge in [0.1, 0.15) is 5.82 Å². The molecule has 0 amide bonds. The van der Waals surface area contributed by atoms with Crippen LogP contribution >= 0.6 is 0 Å². The highest BCUT2D eigenvalue weighted by Crippen LogP contribution is 2.46. The summed E-state index contributed by atoms with van der Waals surface area (Å²) < 4.78 is 1.88. The molecule has 3 heteroatoms. The Hall–Kier alpha value is -2.13. The summed E-state index contributed by atoms with van der Waals surface area (Å²) in [5.74, 6) is 0.841. The van der Waals surface area contributed by atoms with E-state index in [0.29, 0.717) is 0 Å². The second-order valence-corrected chi connectivity index (χ2v) is 5.00. The van der Waals surface area contributed by atoms with Gasteiger partial charge in [0.15, 0.2) is 5.72 Å². The molecule has 2 heterocycles. The van der Waals surface area contributed by atoms with Gasteiger partial charge in [-0.05, 0) is 18.4 Å². The molecule has 1 aliphatic heterocycles. The predicted molar refractivity (Wildman–Crippen MR) is 73.4 cm³/mol. The molecule has 1 atom stereocenters. The van der Waals surface area contributed by atoms with Crippen molar-refractivity contribution in [3.63, 3.8) is 0 Å². The standard InChI is InChI=1S/C16H14N2O/c19-16(12-6-2-1-3-7-12)14-9-5-4-8-13(14)15-17-10-11-18(15)16/h1-2,4-6,8-11,19H,3,7H2. The van der Waals surface area contributed by atoms with Crippen LogP contribution in [-0.2, 0) is 5.72 Å². The van der Waals surface area contributed by atoms with Gasteiger partial charge >= 0.3 is 0 Å². The normalized spacial score (nSPS) is 23.9. The van der Waals surface area contributed by atoms with Gasteiger partial charge in [-0.3, -0.25) is 4.57 Å². The number of benzene rings is 1. The van der Waals surface area contributed by atoms with Crippen LogP contribution in [0.3, 0.4) is 0 Å². The van der Waals surface area contributed by atoms with Gasteiger partial charge in [-0.25, -0.2) is 4.98 Å². The van der Waals surface area contributed by atoms with Gasteiger partial charge in [-0.1, -0.05) is 42.5 Å². The van der Waals surface area contributed by atoms with Gasteiger partial charge in [0.2, 0.25) is 0 Å². The summed E-state index contributed by atoms with van der Waals surface area (Å²) in [6.07, 6.45) is 11.6. The number of aliphatic hydroxyl groups is 1. The van der Waals surface area contributed by atoms with Crippen molar-refractivity contribution < 1.29 is 5.11 Å². The molecule has 3 nitrogen and oxygen atoms in total. The van der Waals surface area contributed by atoms with Gasteiger partial charge in [0.25, 0.3) is 0 Å². The largest absolute Gasteiger partial charge is 0.363 e. The predicted octanol–water partition coefficient (Wildman–Crippen LogP) is 2.83. The molecule has 1 N–H and O–H groups in total. The molecule has 0 fully saturated rings. The maximum Gasteiger partial charge on any atom is 0.193 e. The zero-order valence-electron chi connectivity index (χ0n) is 10.5. The van der Waals surface area contributed by atoms with Crippen molar-refractivity contribution in [1.29, 1.82) is 0 Å². The number of nitrogens with zero attached hydrogens (tertiary/aromatic N) is 2. The van der Waals surface area contributed by atoms with E-state index in [1.807, 2.05) is 47.2 Å². The Morgan fingerprint density at radius 2 is 2.16 bits per heavy atom. The van der Waals surface area contributed by atoms with Crippen molar-refractivity contribution in [3.8, 4) is 11.4 Å². The van der Waals surface area contributed by atoms with Crippen LogP contribution in [0.4, 0.5) is 0 Å². The Morgan fingerprint density at radius 1 is 1.26 bits per heavy atom. The molecule has 4 rings (SSSR count). The lowest BCUT2D eigenvalue weighted by molar-refractivity contribution is 0.0489. The quantitative estimate of drug-likeness (QED) is 0.845. The Bertz CT molecular complexity index is 711. The molecule has 0 spiro atoms. The van der Waals surface area contributed by atoms with E-state index >= 15 is 0 Å². The fraction of sp³-hybridized carbons (Fsp3) is 0.188. The third-order valence-corrected chi connectivity index (χ3v) is 3.99. The number of imidazole rings is 1. The minimum atomic E-state index is -1.08. The maximum atomic E-state index is 11.3. The maximum absolute atomic E-state index is 11.3. The van der Waals surface area contributed by atoms with E-state index in [4.69, 9.17) is 0 Å². The van der Waals surface area contributed by atoms with Crippen LogP contribution in [0.1, 0.15) is 18.4 Å². The van der Waals surface area contributed by atoms with Crippen LogP contribution in [0.2, 0.25) is 0 Å². The van der Waals surface area contributed by atoms with Gasteiger partial charge < -0.3 is 5.11 Å². The molecule has 2 aromatic rings. The highest BCUT2D eigenvalue weighted by molar-refractivity contribution is 5.69. The van der Waals surface area contributed by atoms with E-state index < -0.39 is 5.72 Å². The van der Waals surface area contributed by atoms with Gasteiger partial charge in [-0.2, -0.15) is 0 Å². The molecule has 1 aliphatic carbocycles. The molecule has 1 aromatic heterocycles. The van der Waals surface area contributed by atoms with Crippen molar-refractivity contribution in [1.82, 2.24) is 9.55 Å². The first-order valence-electron chi connectivity index (χ1n) is 6.54. The average molecular weight is 250 g/mol. The summed E-state index contributed by atoms with van der Waals surface area (Å²) in [6, 6.07) is 7.96. The Labute approximate surface area is 111 Å². The van der Waals surface area contributed by atoms with Crippen molar-refractivity contribution in [2.75, 3.05) is 0 Å². The second kappa shape index (κ2) is 3.68. The third-order valence-electron chi connectivity index (χ3n) is 3.99. The molecule has 0 saturated carbocycles. The zero-order chi connectivity index (χ0) is 12.9. The summed E-state index contributed by atoms with van der Waals surface area (Å²) in [6.45, 7) is 0. The Morgan fingerprint density at radius 3 is 3.00 bits per heavy atom. The highest BCUT2D eigenvalue weighted by atomic mass is 16.3. The van der Waals surface area contributed by atoms with E-state index in [-0.39, 0.29) is 0 Å². The van der Waals surface area contributed by atoms with Crippen LogP contribution in [-0.4, -0.2) is 14.7 Å².